The molecule has 4 nitrogen and oxygen atoms in total. The summed E-state index contributed by atoms with van der Waals surface area (Å²) in [6.07, 6.45) is 4.08. The van der Waals surface area contributed by atoms with Gasteiger partial charge in [0.25, 0.3) is 0 Å². The van der Waals surface area contributed by atoms with Crippen LogP contribution in [0.25, 0.3) is 12.3 Å². The fraction of sp³-hybridized carbons (Fsp3) is 0.111. The lowest BCUT2D eigenvalue weighted by Crippen LogP contribution is -2.39. The average molecular weight is 176 g/mol. The van der Waals surface area contributed by atoms with Gasteiger partial charge in [0, 0.05) is 18.9 Å². The number of carboxylic acid groups (broad SMARTS) is 1. The number of rotatable bonds is 0. The largest absolute Gasteiger partial charge is 0.465 e. The number of aromatic nitrogens is 1. The Morgan fingerprint density at radius 1 is 1.62 bits per heavy atom. The smallest absolute Gasteiger partial charge is 0.411 e. The lowest BCUT2D eigenvalue weighted by Gasteiger charge is -2.13. The Hall–Kier alpha value is -1.84. The lowest BCUT2D eigenvalue weighted by molar-refractivity contribution is 0.171. The molecule has 1 aromatic rings. The first kappa shape index (κ1) is 7.79. The van der Waals surface area contributed by atoms with E-state index in [1.54, 1.807) is 6.20 Å². The average Bonchev–Trinajstić information content (AvgIpc) is 2.17. The molecule has 0 saturated heterocycles. The van der Waals surface area contributed by atoms with E-state index < -0.39 is 6.09 Å². The number of pyridine rings is 1. The molecule has 66 valence electrons. The van der Waals surface area contributed by atoms with Gasteiger partial charge in [-0.1, -0.05) is 12.1 Å². The first-order valence-electron chi connectivity index (χ1n) is 3.90. The van der Waals surface area contributed by atoms with Crippen molar-refractivity contribution in [1.82, 2.24) is 9.88 Å². The summed E-state index contributed by atoms with van der Waals surface area (Å²) in [5.74, 6) is 0. The third-order valence-electron chi connectivity index (χ3n) is 1.90. The first-order valence-corrected chi connectivity index (χ1v) is 3.90. The molecule has 2 rings (SSSR count). The predicted molar refractivity (Wildman–Crippen MR) is 47.1 cm³/mol. The molecule has 1 amide bonds. The van der Waals surface area contributed by atoms with Crippen molar-refractivity contribution >= 4 is 18.4 Å². The molecular weight excluding hydrogens is 168 g/mol. The number of hydrogen-bond donors (Lipinski definition) is 1. The minimum Gasteiger partial charge on any atom is -0.465 e. The second-order valence-electron chi connectivity index (χ2n) is 2.75. The monoisotopic (exact) mass is 176 g/mol. The third kappa shape index (κ3) is 1.38. The zero-order valence-electron chi connectivity index (χ0n) is 6.84. The molecule has 0 atom stereocenters. The highest BCUT2D eigenvalue weighted by molar-refractivity contribution is 5.71. The van der Waals surface area contributed by atoms with Gasteiger partial charge >= 0.3 is 6.09 Å². The summed E-state index contributed by atoms with van der Waals surface area (Å²) in [7, 11) is 0. The number of amides is 1. The highest BCUT2D eigenvalue weighted by Crippen LogP contribution is 1.92. The molecule has 0 fully saturated rings. The molecule has 1 aliphatic heterocycles. The zero-order chi connectivity index (χ0) is 9.26. The van der Waals surface area contributed by atoms with Crippen LogP contribution in [-0.4, -0.2) is 27.6 Å². The summed E-state index contributed by atoms with van der Waals surface area (Å²) in [5.41, 5.74) is 0. The topological polar surface area (TPSA) is 53.4 Å². The Bertz CT molecular complexity index is 453. The molecule has 0 bridgehead atoms. The molecular formula is C9H8N2O2. The molecule has 4 heteroatoms. The molecule has 0 aliphatic carbocycles. The van der Waals surface area contributed by atoms with E-state index in [9.17, 15) is 4.79 Å². The van der Waals surface area contributed by atoms with E-state index in [2.05, 4.69) is 4.98 Å². The predicted octanol–water partition coefficient (Wildman–Crippen LogP) is -0.406. The van der Waals surface area contributed by atoms with Gasteiger partial charge < -0.3 is 5.11 Å². The van der Waals surface area contributed by atoms with E-state index in [4.69, 9.17) is 5.11 Å². The summed E-state index contributed by atoms with van der Waals surface area (Å²) in [4.78, 5) is 15.9. The number of fused-ring (bicyclic) bond motifs is 1. The van der Waals surface area contributed by atoms with Crippen molar-refractivity contribution in [3.8, 4) is 0 Å². The van der Waals surface area contributed by atoms with Crippen LogP contribution in [0.4, 0.5) is 4.79 Å². The van der Waals surface area contributed by atoms with E-state index in [0.717, 1.165) is 5.22 Å². The van der Waals surface area contributed by atoms with Crippen LogP contribution in [0, 0.1) is 0 Å². The second-order valence-corrected chi connectivity index (χ2v) is 2.75. The van der Waals surface area contributed by atoms with E-state index in [1.807, 2.05) is 18.2 Å². The van der Waals surface area contributed by atoms with Gasteiger partial charge in [0.05, 0.1) is 5.35 Å². The van der Waals surface area contributed by atoms with Crippen LogP contribution in [0.15, 0.2) is 18.3 Å². The fourth-order valence-corrected chi connectivity index (χ4v) is 1.24. The van der Waals surface area contributed by atoms with E-state index in [-0.39, 0.29) is 0 Å². The van der Waals surface area contributed by atoms with Gasteiger partial charge in [-0.05, 0) is 11.3 Å². The zero-order valence-corrected chi connectivity index (χ0v) is 6.84. The summed E-state index contributed by atoms with van der Waals surface area (Å²) < 4.78 is 0. The van der Waals surface area contributed by atoms with Crippen LogP contribution in [0.1, 0.15) is 0 Å². The van der Waals surface area contributed by atoms with Crippen molar-refractivity contribution in [2.45, 2.75) is 0 Å². The number of nitrogens with zero attached hydrogens (tertiary/aromatic N) is 2. The summed E-state index contributed by atoms with van der Waals surface area (Å²) in [6, 6.07) is 3.75. The Morgan fingerprint density at radius 3 is 3.23 bits per heavy atom. The molecule has 2 heterocycles. The normalized spacial score (nSPS) is 14.0. The molecule has 0 saturated carbocycles. The van der Waals surface area contributed by atoms with E-state index >= 15 is 0 Å². The molecule has 1 aliphatic rings. The minimum absolute atomic E-state index is 0.397. The van der Waals surface area contributed by atoms with Gasteiger partial charge in [-0.2, -0.15) is 0 Å². The maximum absolute atomic E-state index is 10.6. The molecule has 0 spiro atoms. The van der Waals surface area contributed by atoms with Gasteiger partial charge in [0.2, 0.25) is 0 Å². The molecule has 0 aromatic carbocycles. The number of hydrogen-bond acceptors (Lipinski definition) is 2. The second kappa shape index (κ2) is 2.90. The number of carbonyl (C=O) groups is 1. The van der Waals surface area contributed by atoms with Crippen molar-refractivity contribution in [3.05, 3.63) is 28.9 Å². The first-order chi connectivity index (χ1) is 6.27. The van der Waals surface area contributed by atoms with Crippen molar-refractivity contribution in [1.29, 1.82) is 0 Å². The molecule has 1 N–H and O–H groups in total. The van der Waals surface area contributed by atoms with Crippen LogP contribution < -0.4 is 10.6 Å². The van der Waals surface area contributed by atoms with Gasteiger partial charge in [0.15, 0.2) is 0 Å². The van der Waals surface area contributed by atoms with Crippen molar-refractivity contribution in [2.75, 3.05) is 6.54 Å². The van der Waals surface area contributed by atoms with Crippen LogP contribution in [0.3, 0.4) is 0 Å². The van der Waals surface area contributed by atoms with Gasteiger partial charge in [0.1, 0.15) is 0 Å². The molecule has 1 aromatic heterocycles. The standard InChI is InChI=1S/C9H8N2O2/c12-9(13)11-5-3-7-2-1-4-10-8(7)6-11/h1-4,6H,5H2,(H,12,13). The van der Waals surface area contributed by atoms with Crippen molar-refractivity contribution in [2.24, 2.45) is 0 Å². The Balaban J connectivity index is 2.55. The van der Waals surface area contributed by atoms with Gasteiger partial charge in [-0.25, -0.2) is 4.79 Å². The van der Waals surface area contributed by atoms with Crippen LogP contribution in [-0.2, 0) is 0 Å². The summed E-state index contributed by atoms with van der Waals surface area (Å²) >= 11 is 0. The van der Waals surface area contributed by atoms with Gasteiger partial charge in [-0.15, -0.1) is 0 Å². The third-order valence-corrected chi connectivity index (χ3v) is 1.90. The highest BCUT2D eigenvalue weighted by atomic mass is 16.4. The van der Waals surface area contributed by atoms with Crippen LogP contribution in [0.5, 0.6) is 0 Å². The lowest BCUT2D eigenvalue weighted by atomic mass is 10.3. The van der Waals surface area contributed by atoms with Crippen LogP contribution in [0.2, 0.25) is 0 Å². The SMILES string of the molecule is O=C(O)N1C=c2ncccc2=CC1. The Labute approximate surface area is 74.4 Å². The summed E-state index contributed by atoms with van der Waals surface area (Å²) in [6.45, 7) is 0.397. The van der Waals surface area contributed by atoms with Crippen molar-refractivity contribution < 1.29 is 9.90 Å². The van der Waals surface area contributed by atoms with Crippen LogP contribution >= 0.6 is 0 Å². The summed E-state index contributed by atoms with van der Waals surface area (Å²) in [5, 5.41) is 10.4. The highest BCUT2D eigenvalue weighted by Gasteiger charge is 2.09. The molecule has 0 unspecified atom stereocenters. The van der Waals surface area contributed by atoms with Crippen molar-refractivity contribution in [3.63, 3.8) is 0 Å². The van der Waals surface area contributed by atoms with Gasteiger partial charge in [-0.3, -0.25) is 9.88 Å². The maximum Gasteiger partial charge on any atom is 0.411 e. The van der Waals surface area contributed by atoms with E-state index in [0.29, 0.717) is 11.9 Å². The molecule has 0 radical (unpaired) electrons. The Morgan fingerprint density at radius 2 is 2.46 bits per heavy atom. The van der Waals surface area contributed by atoms with E-state index in [1.165, 1.54) is 11.1 Å². The Kier molecular flexibility index (Phi) is 1.73. The fourth-order valence-electron chi connectivity index (χ4n) is 1.24. The molecule has 13 heavy (non-hydrogen) atoms. The quantitative estimate of drug-likeness (QED) is 0.585. The maximum atomic E-state index is 10.6. The minimum atomic E-state index is -0.951.